The van der Waals surface area contributed by atoms with Crippen LogP contribution < -0.4 is 5.32 Å². The number of thioether (sulfide) groups is 1. The summed E-state index contributed by atoms with van der Waals surface area (Å²) in [5.74, 6) is -0.576. The first-order chi connectivity index (χ1) is 10.3. The van der Waals surface area contributed by atoms with Gasteiger partial charge in [-0.3, -0.25) is 4.79 Å². The Kier molecular flexibility index (Phi) is 5.77. The van der Waals surface area contributed by atoms with E-state index in [2.05, 4.69) is 15.5 Å². The van der Waals surface area contributed by atoms with Crippen LogP contribution in [0.15, 0.2) is 4.34 Å². The van der Waals surface area contributed by atoms with Crippen LogP contribution in [0.2, 0.25) is 0 Å². The number of nitrogens with zero attached hydrogens (tertiary/aromatic N) is 4. The first-order valence-electron chi connectivity index (χ1n) is 6.70. The average molecular weight is 366 g/mol. The molecule has 0 saturated carbocycles. The Balaban J connectivity index is 2.01. The second-order valence-corrected chi connectivity index (χ2v) is 9.23. The maximum Gasteiger partial charge on any atom is 0.281 e. The van der Waals surface area contributed by atoms with Crippen molar-refractivity contribution in [3.05, 3.63) is 0 Å². The molecule has 1 aromatic rings. The molecule has 1 unspecified atom stereocenters. The number of anilines is 1. The van der Waals surface area contributed by atoms with Crippen molar-refractivity contribution in [3.63, 3.8) is 0 Å². The molecule has 0 radical (unpaired) electrons. The molecule has 2 heterocycles. The van der Waals surface area contributed by atoms with Crippen LogP contribution in [0.1, 0.15) is 12.8 Å². The molecule has 0 bridgehead atoms. The molecular formula is C11H19N5O3S3. The van der Waals surface area contributed by atoms with E-state index in [-0.39, 0.29) is 18.4 Å². The fourth-order valence-electron chi connectivity index (χ4n) is 2.15. The summed E-state index contributed by atoms with van der Waals surface area (Å²) in [6.07, 6.45) is 3.22. The predicted molar refractivity (Wildman–Crippen MR) is 87.2 cm³/mol. The second-order valence-electron chi connectivity index (χ2n) is 5.05. The summed E-state index contributed by atoms with van der Waals surface area (Å²) in [5, 5.41) is 11.0. The molecule has 1 aliphatic heterocycles. The molecule has 1 amide bonds. The van der Waals surface area contributed by atoms with Crippen LogP contribution in [0.25, 0.3) is 0 Å². The third kappa shape index (κ3) is 3.96. The fourth-order valence-corrected chi connectivity index (χ4v) is 4.51. The fraction of sp³-hybridized carbons (Fsp3) is 0.727. The summed E-state index contributed by atoms with van der Waals surface area (Å²) >= 11 is 2.76. The Morgan fingerprint density at radius 2 is 2.18 bits per heavy atom. The van der Waals surface area contributed by atoms with Crippen molar-refractivity contribution in [1.82, 2.24) is 18.8 Å². The highest BCUT2D eigenvalue weighted by Crippen LogP contribution is 2.25. The highest BCUT2D eigenvalue weighted by molar-refractivity contribution is 8.00. The minimum Gasteiger partial charge on any atom is -0.300 e. The molecule has 2 rings (SSSR count). The number of carbonyl (C=O) groups excluding carboxylic acids is 1. The molecule has 1 aromatic heterocycles. The molecule has 0 aliphatic carbocycles. The van der Waals surface area contributed by atoms with Crippen molar-refractivity contribution in [1.29, 1.82) is 0 Å². The van der Waals surface area contributed by atoms with Crippen LogP contribution in [0.4, 0.5) is 5.13 Å². The number of hydrogen-bond donors (Lipinski definition) is 1. The molecule has 0 spiro atoms. The van der Waals surface area contributed by atoms with E-state index < -0.39 is 10.2 Å². The lowest BCUT2D eigenvalue weighted by atomic mass is 9.99. The number of piperidine rings is 1. The van der Waals surface area contributed by atoms with Crippen molar-refractivity contribution in [2.75, 3.05) is 38.8 Å². The quantitative estimate of drug-likeness (QED) is 0.610. The van der Waals surface area contributed by atoms with Gasteiger partial charge in [0.2, 0.25) is 11.0 Å². The zero-order chi connectivity index (χ0) is 16.3. The third-order valence-corrected chi connectivity index (χ3v) is 7.08. The number of amides is 1. The van der Waals surface area contributed by atoms with Crippen LogP contribution in [-0.2, 0) is 15.0 Å². The standard InChI is InChI=1S/C11H19N5O3S3/c1-15(2)22(18,19)16-6-4-5-8(7-16)9(17)12-10-13-14-11(20-3)21-10/h8H,4-7H2,1-3H3,(H,12,13,17). The largest absolute Gasteiger partial charge is 0.300 e. The normalized spacial score (nSPS) is 20.3. The summed E-state index contributed by atoms with van der Waals surface area (Å²) in [6.45, 7) is 0.639. The van der Waals surface area contributed by atoms with Gasteiger partial charge in [0.1, 0.15) is 0 Å². The molecule has 1 fully saturated rings. The average Bonchev–Trinajstić information content (AvgIpc) is 2.94. The van der Waals surface area contributed by atoms with Crippen molar-refractivity contribution < 1.29 is 13.2 Å². The SMILES string of the molecule is CSc1nnc(NC(=O)C2CCCN(S(=O)(=O)N(C)C)C2)s1. The first kappa shape index (κ1) is 17.6. The highest BCUT2D eigenvalue weighted by Gasteiger charge is 2.33. The van der Waals surface area contributed by atoms with Gasteiger partial charge in [-0.05, 0) is 19.1 Å². The van der Waals surface area contributed by atoms with E-state index in [1.165, 1.54) is 45.8 Å². The Labute approximate surface area is 138 Å². The maximum absolute atomic E-state index is 12.3. The number of nitrogens with one attached hydrogen (secondary N) is 1. The van der Waals surface area contributed by atoms with Gasteiger partial charge in [-0.15, -0.1) is 10.2 Å². The molecule has 124 valence electrons. The number of carbonyl (C=O) groups is 1. The van der Waals surface area contributed by atoms with Gasteiger partial charge in [0.15, 0.2) is 4.34 Å². The Morgan fingerprint density at radius 1 is 1.45 bits per heavy atom. The van der Waals surface area contributed by atoms with E-state index in [0.29, 0.717) is 24.5 Å². The molecule has 22 heavy (non-hydrogen) atoms. The Morgan fingerprint density at radius 3 is 2.77 bits per heavy atom. The molecule has 8 nitrogen and oxygen atoms in total. The highest BCUT2D eigenvalue weighted by atomic mass is 32.2. The van der Waals surface area contributed by atoms with Gasteiger partial charge in [0.05, 0.1) is 5.92 Å². The summed E-state index contributed by atoms with van der Waals surface area (Å²) in [7, 11) is -0.501. The van der Waals surface area contributed by atoms with Crippen molar-refractivity contribution in [2.45, 2.75) is 17.2 Å². The zero-order valence-corrected chi connectivity index (χ0v) is 15.1. The summed E-state index contributed by atoms with van der Waals surface area (Å²) in [6, 6.07) is 0. The predicted octanol–water partition coefficient (Wildman–Crippen LogP) is 0.717. The molecule has 1 saturated heterocycles. The molecule has 1 aliphatic rings. The van der Waals surface area contributed by atoms with Crippen LogP contribution in [0.5, 0.6) is 0 Å². The summed E-state index contributed by atoms with van der Waals surface area (Å²) in [5.41, 5.74) is 0. The second kappa shape index (κ2) is 7.21. The summed E-state index contributed by atoms with van der Waals surface area (Å²) < 4.78 is 27.6. The van der Waals surface area contributed by atoms with E-state index in [1.54, 1.807) is 0 Å². The van der Waals surface area contributed by atoms with Gasteiger partial charge in [-0.1, -0.05) is 23.1 Å². The van der Waals surface area contributed by atoms with Crippen LogP contribution in [0, 0.1) is 5.92 Å². The van der Waals surface area contributed by atoms with Crippen molar-refractivity contribution in [2.24, 2.45) is 5.92 Å². The molecule has 0 aromatic carbocycles. The van der Waals surface area contributed by atoms with Gasteiger partial charge in [0, 0.05) is 27.2 Å². The minimum atomic E-state index is -3.48. The van der Waals surface area contributed by atoms with Gasteiger partial charge < -0.3 is 5.32 Å². The van der Waals surface area contributed by atoms with Crippen LogP contribution >= 0.6 is 23.1 Å². The molecule has 1 N–H and O–H groups in total. The smallest absolute Gasteiger partial charge is 0.281 e. The van der Waals surface area contributed by atoms with Crippen LogP contribution in [-0.4, -0.2) is 66.6 Å². The molecular weight excluding hydrogens is 346 g/mol. The lowest BCUT2D eigenvalue weighted by Gasteiger charge is -2.32. The van der Waals surface area contributed by atoms with Gasteiger partial charge in [0.25, 0.3) is 10.2 Å². The van der Waals surface area contributed by atoms with Crippen molar-refractivity contribution in [3.8, 4) is 0 Å². The van der Waals surface area contributed by atoms with E-state index in [4.69, 9.17) is 0 Å². The zero-order valence-electron chi connectivity index (χ0n) is 12.6. The number of aromatic nitrogens is 2. The number of rotatable bonds is 5. The lowest BCUT2D eigenvalue weighted by molar-refractivity contribution is -0.120. The van der Waals surface area contributed by atoms with Gasteiger partial charge in [-0.2, -0.15) is 17.0 Å². The Hall–Kier alpha value is -0.750. The summed E-state index contributed by atoms with van der Waals surface area (Å²) in [4.78, 5) is 12.3. The Bertz CT molecular complexity index is 631. The monoisotopic (exact) mass is 365 g/mol. The van der Waals surface area contributed by atoms with E-state index in [9.17, 15) is 13.2 Å². The van der Waals surface area contributed by atoms with Gasteiger partial charge >= 0.3 is 0 Å². The molecule has 11 heteroatoms. The van der Waals surface area contributed by atoms with E-state index in [0.717, 1.165) is 4.34 Å². The van der Waals surface area contributed by atoms with E-state index in [1.807, 2.05) is 6.26 Å². The maximum atomic E-state index is 12.3. The van der Waals surface area contributed by atoms with E-state index >= 15 is 0 Å². The van der Waals surface area contributed by atoms with Gasteiger partial charge in [-0.25, -0.2) is 0 Å². The van der Waals surface area contributed by atoms with Crippen molar-refractivity contribution >= 4 is 44.3 Å². The third-order valence-electron chi connectivity index (χ3n) is 3.35. The minimum absolute atomic E-state index is 0.195. The van der Waals surface area contributed by atoms with Crippen LogP contribution in [0.3, 0.4) is 0 Å². The molecule has 1 atom stereocenters. The number of hydrogen-bond acceptors (Lipinski definition) is 7. The first-order valence-corrected chi connectivity index (χ1v) is 10.1. The lowest BCUT2D eigenvalue weighted by Crippen LogP contribution is -2.47. The topological polar surface area (TPSA) is 95.5 Å².